The molecule has 0 saturated heterocycles. The van der Waals surface area contributed by atoms with Crippen molar-refractivity contribution >= 4 is 0 Å². The van der Waals surface area contributed by atoms with E-state index in [1.54, 1.807) is 0 Å². The summed E-state index contributed by atoms with van der Waals surface area (Å²) < 4.78 is 0. The van der Waals surface area contributed by atoms with Crippen LogP contribution < -0.4 is 0 Å². The summed E-state index contributed by atoms with van der Waals surface area (Å²) in [5.74, 6) is 0. The van der Waals surface area contributed by atoms with E-state index in [2.05, 4.69) is 0 Å². The first-order chi connectivity index (χ1) is 1.00. The largest absolute Gasteiger partial charge is 1.00 e. The van der Waals surface area contributed by atoms with Crippen LogP contribution >= 0.6 is 0 Å². The first-order valence-electron chi connectivity index (χ1n) is 0.447. The quantitative estimate of drug-likeness (QED) is 0.464. The summed E-state index contributed by atoms with van der Waals surface area (Å²) in [7, 11) is 1.00. The summed E-state index contributed by atoms with van der Waals surface area (Å²) >= 11 is 0. The molecule has 1 radical (unpaired) electrons. The number of aliphatic hydroxyl groups is 1. The molecule has 2 heteroatoms. The van der Waals surface area contributed by atoms with Crippen molar-refractivity contribution in [3.63, 3.8) is 0 Å². The average Bonchev–Trinajstić information content (AvgIpc) is 1.00. The van der Waals surface area contributed by atoms with Gasteiger partial charge in [-0.25, -0.2) is 0 Å². The molecule has 0 amide bonds. The zero-order valence-corrected chi connectivity index (χ0v) is 4.54. The van der Waals surface area contributed by atoms with Crippen molar-refractivity contribution in [1.82, 2.24) is 0 Å². The molecular formula is C5H19ORu. The Balaban J connectivity index is -0.000000000500. The molecular weight excluding hydrogens is 177 g/mol. The molecule has 53 valence electrons. The van der Waals surface area contributed by atoms with Crippen molar-refractivity contribution in [2.45, 2.75) is 22.3 Å². The minimum atomic E-state index is 0. The fourth-order valence-electron chi connectivity index (χ4n) is 0. The topological polar surface area (TPSA) is 20.2 Å². The molecule has 0 spiro atoms. The Bertz CT molecular complexity index is 8.04. The van der Waals surface area contributed by atoms with Crippen molar-refractivity contribution < 1.29 is 24.6 Å². The molecule has 0 bridgehead atoms. The van der Waals surface area contributed by atoms with Crippen molar-refractivity contribution in [1.29, 1.82) is 0 Å². The molecule has 7 heavy (non-hydrogen) atoms. The summed E-state index contributed by atoms with van der Waals surface area (Å²) in [5.41, 5.74) is 0. The Morgan fingerprint density at radius 3 is 0.857 bits per heavy atom. The Hall–Kier alpha value is 0.583. The second-order valence-corrected chi connectivity index (χ2v) is 0. The average molecular weight is 196 g/mol. The van der Waals surface area contributed by atoms with Gasteiger partial charge < -0.3 is 12.5 Å². The molecule has 0 saturated carbocycles. The van der Waals surface area contributed by atoms with Crippen LogP contribution in [0.4, 0.5) is 0 Å². The van der Waals surface area contributed by atoms with Crippen LogP contribution in [0.1, 0.15) is 22.3 Å². The van der Waals surface area contributed by atoms with Crippen LogP contribution in [0.2, 0.25) is 0 Å². The molecule has 1 N–H and O–H groups in total. The van der Waals surface area contributed by atoms with Gasteiger partial charge in [0.25, 0.3) is 0 Å². The summed E-state index contributed by atoms with van der Waals surface area (Å²) in [6, 6.07) is 0. The van der Waals surface area contributed by atoms with E-state index in [0.29, 0.717) is 0 Å². The van der Waals surface area contributed by atoms with Gasteiger partial charge in [0.2, 0.25) is 0 Å². The normalized spacial score (nSPS) is 0.857. The Morgan fingerprint density at radius 2 is 0.857 bits per heavy atom. The second kappa shape index (κ2) is 603. The van der Waals surface area contributed by atoms with Gasteiger partial charge in [0.05, 0.1) is 0 Å². The third-order valence-corrected chi connectivity index (χ3v) is 0. The van der Waals surface area contributed by atoms with Crippen LogP contribution in [-0.2, 0) is 19.5 Å². The van der Waals surface area contributed by atoms with E-state index < -0.39 is 0 Å². The van der Waals surface area contributed by atoms with Crippen molar-refractivity contribution in [3.05, 3.63) is 7.43 Å². The monoisotopic (exact) mass is 197 g/mol. The van der Waals surface area contributed by atoms with Crippen LogP contribution in [0, 0.1) is 7.43 Å². The van der Waals surface area contributed by atoms with Gasteiger partial charge in [0.1, 0.15) is 0 Å². The summed E-state index contributed by atoms with van der Waals surface area (Å²) in [5, 5.41) is 7.00. The maximum Gasteiger partial charge on any atom is 1.00 e. The standard InChI is InChI=1S/CH4O.3CH4.CH3.Ru/c1-2;;;;;/h2H,1H3;3*1H4;1H3;/q;;;;-1;+1. The fraction of sp³-hybridized carbons (Fsp3) is 0.800. The molecule has 0 atom stereocenters. The SMILES string of the molecule is C.C.C.CO.[CH3-].[Ru+]. The van der Waals surface area contributed by atoms with Gasteiger partial charge in [0, 0.05) is 7.11 Å². The molecule has 1 nitrogen and oxygen atoms in total. The predicted octanol–water partition coefficient (Wildman–Crippen LogP) is 1.96. The minimum Gasteiger partial charge on any atom is -0.400 e. The molecule has 0 aliphatic carbocycles. The van der Waals surface area contributed by atoms with Gasteiger partial charge in [-0.15, -0.1) is 0 Å². The van der Waals surface area contributed by atoms with E-state index in [1.807, 2.05) is 0 Å². The Morgan fingerprint density at radius 1 is 0.857 bits per heavy atom. The molecule has 0 aliphatic heterocycles. The van der Waals surface area contributed by atoms with Crippen molar-refractivity contribution in [2.75, 3.05) is 7.11 Å². The maximum absolute atomic E-state index is 7.00. The first-order valence-corrected chi connectivity index (χ1v) is 0.447. The van der Waals surface area contributed by atoms with Crippen LogP contribution in [-0.4, -0.2) is 12.2 Å². The minimum absolute atomic E-state index is 0. The number of hydrogen-bond donors (Lipinski definition) is 1. The van der Waals surface area contributed by atoms with Crippen LogP contribution in [0.5, 0.6) is 0 Å². The summed E-state index contributed by atoms with van der Waals surface area (Å²) in [6.07, 6.45) is 0. The third-order valence-electron chi connectivity index (χ3n) is 0. The van der Waals surface area contributed by atoms with Crippen LogP contribution in [0.3, 0.4) is 0 Å². The van der Waals surface area contributed by atoms with Gasteiger partial charge in [-0.05, 0) is 0 Å². The van der Waals surface area contributed by atoms with E-state index in [-0.39, 0.29) is 49.2 Å². The van der Waals surface area contributed by atoms with Crippen LogP contribution in [0.15, 0.2) is 0 Å². The number of hydrogen-bond acceptors (Lipinski definition) is 1. The van der Waals surface area contributed by atoms with Gasteiger partial charge in [-0.3, -0.25) is 0 Å². The maximum atomic E-state index is 7.00. The Labute approximate surface area is 61.9 Å². The van der Waals surface area contributed by atoms with E-state index in [4.69, 9.17) is 5.11 Å². The Kier molecular flexibility index (Phi) is 11300. The van der Waals surface area contributed by atoms with Crippen molar-refractivity contribution in [3.8, 4) is 0 Å². The first kappa shape index (κ1) is 131. The van der Waals surface area contributed by atoms with Gasteiger partial charge in [-0.2, -0.15) is 0 Å². The molecule has 0 aromatic heterocycles. The summed E-state index contributed by atoms with van der Waals surface area (Å²) in [4.78, 5) is 0. The zero-order valence-electron chi connectivity index (χ0n) is 2.80. The second-order valence-electron chi connectivity index (χ2n) is 0. The molecule has 0 rings (SSSR count). The van der Waals surface area contributed by atoms with Gasteiger partial charge >= 0.3 is 19.5 Å². The van der Waals surface area contributed by atoms with Crippen molar-refractivity contribution in [2.24, 2.45) is 0 Å². The molecule has 0 fully saturated rings. The number of rotatable bonds is 0. The fourth-order valence-corrected chi connectivity index (χ4v) is 0. The smallest absolute Gasteiger partial charge is 0.400 e. The van der Waals surface area contributed by atoms with E-state index in [1.165, 1.54) is 0 Å². The zero-order chi connectivity index (χ0) is 2.00. The molecule has 0 aromatic rings. The molecule has 0 unspecified atom stereocenters. The van der Waals surface area contributed by atoms with Gasteiger partial charge in [0.15, 0.2) is 0 Å². The van der Waals surface area contributed by atoms with E-state index in [9.17, 15) is 0 Å². The molecule has 0 aliphatic rings. The number of aliphatic hydroxyl groups excluding tert-OH is 1. The predicted molar refractivity (Wildman–Crippen MR) is 34.7 cm³/mol. The van der Waals surface area contributed by atoms with Crippen LogP contribution in [0.25, 0.3) is 0 Å². The van der Waals surface area contributed by atoms with E-state index >= 15 is 0 Å². The molecule has 0 heterocycles. The van der Waals surface area contributed by atoms with E-state index in [0.717, 1.165) is 7.11 Å². The summed E-state index contributed by atoms with van der Waals surface area (Å²) in [6.45, 7) is 0. The van der Waals surface area contributed by atoms with Gasteiger partial charge in [-0.1, -0.05) is 22.3 Å². The third kappa shape index (κ3) is 406. The molecule has 0 aromatic carbocycles.